The Morgan fingerprint density at radius 3 is 2.83 bits per heavy atom. The van der Waals surface area contributed by atoms with Gasteiger partial charge in [0.05, 0.1) is 28.4 Å². The van der Waals surface area contributed by atoms with Gasteiger partial charge in [0, 0.05) is 11.1 Å². The number of carbonyl (C=O) groups is 1. The van der Waals surface area contributed by atoms with Crippen molar-refractivity contribution in [2.45, 2.75) is 12.5 Å². The van der Waals surface area contributed by atoms with Crippen LogP contribution in [0, 0.1) is 0 Å². The van der Waals surface area contributed by atoms with Gasteiger partial charge in [-0.1, -0.05) is 23.2 Å². The highest BCUT2D eigenvalue weighted by Crippen LogP contribution is 2.35. The van der Waals surface area contributed by atoms with Crippen LogP contribution >= 0.6 is 39.1 Å². The molecule has 1 aromatic carbocycles. The number of hydrogen-bond acceptors (Lipinski definition) is 2. The summed E-state index contributed by atoms with van der Waals surface area (Å²) in [5, 5.41) is 6.15. The molecule has 2 rings (SSSR count). The second-order valence-corrected chi connectivity index (χ2v) is 5.49. The molecule has 1 aliphatic heterocycles. The summed E-state index contributed by atoms with van der Waals surface area (Å²) in [6, 6.07) is 3.14. The number of carbonyl (C=O) groups excluding carboxylic acids is 1. The number of ether oxygens (including phenoxy) is 1. The highest BCUT2D eigenvalue weighted by atomic mass is 79.9. The number of amides is 2. The van der Waals surface area contributed by atoms with Crippen molar-refractivity contribution in [3.05, 3.63) is 26.7 Å². The van der Waals surface area contributed by atoms with E-state index in [1.165, 1.54) is 0 Å². The molecule has 0 aliphatic carbocycles. The molecular weight excluding hydrogens is 343 g/mol. The van der Waals surface area contributed by atoms with Crippen molar-refractivity contribution in [3.8, 4) is 0 Å². The van der Waals surface area contributed by atoms with Crippen molar-refractivity contribution in [3.63, 3.8) is 0 Å². The summed E-state index contributed by atoms with van der Waals surface area (Å²) in [6.07, 6.45) is 0.822. The first-order valence-electron chi connectivity index (χ1n) is 5.36. The van der Waals surface area contributed by atoms with E-state index in [2.05, 4.69) is 26.6 Å². The van der Waals surface area contributed by atoms with E-state index in [1.54, 1.807) is 12.1 Å². The van der Waals surface area contributed by atoms with E-state index in [-0.39, 0.29) is 12.1 Å². The molecule has 1 saturated heterocycles. The summed E-state index contributed by atoms with van der Waals surface area (Å²) in [7, 11) is 0. The molecule has 2 N–H and O–H groups in total. The molecule has 1 aliphatic rings. The molecule has 0 aromatic heterocycles. The van der Waals surface area contributed by atoms with Gasteiger partial charge < -0.3 is 15.4 Å². The van der Waals surface area contributed by atoms with Gasteiger partial charge in [-0.15, -0.1) is 0 Å². The summed E-state index contributed by atoms with van der Waals surface area (Å²) in [5.41, 5.74) is 0.473. The SMILES string of the molecule is O=C(Nc1ccc(Br)c(Cl)c1Cl)NC1CCOC1. The summed E-state index contributed by atoms with van der Waals surface area (Å²) < 4.78 is 5.86. The second-order valence-electron chi connectivity index (χ2n) is 3.88. The van der Waals surface area contributed by atoms with Crippen LogP contribution in [-0.4, -0.2) is 25.3 Å². The molecule has 1 fully saturated rings. The fraction of sp³-hybridized carbons (Fsp3) is 0.364. The largest absolute Gasteiger partial charge is 0.379 e. The normalized spacial score (nSPS) is 18.7. The first kappa shape index (κ1) is 13.9. The summed E-state index contributed by atoms with van der Waals surface area (Å²) >= 11 is 15.3. The zero-order chi connectivity index (χ0) is 13.1. The number of anilines is 1. The quantitative estimate of drug-likeness (QED) is 0.797. The van der Waals surface area contributed by atoms with E-state index < -0.39 is 0 Å². The van der Waals surface area contributed by atoms with Gasteiger partial charge in [0.25, 0.3) is 0 Å². The Hall–Kier alpha value is -0.490. The molecule has 4 nitrogen and oxygen atoms in total. The Morgan fingerprint density at radius 2 is 2.17 bits per heavy atom. The summed E-state index contributed by atoms with van der Waals surface area (Å²) in [5.74, 6) is 0. The molecular formula is C11H11BrCl2N2O2. The predicted octanol–water partition coefficient (Wildman–Crippen LogP) is 3.67. The molecule has 0 saturated carbocycles. The molecule has 98 valence electrons. The lowest BCUT2D eigenvalue weighted by atomic mass is 10.3. The maximum Gasteiger partial charge on any atom is 0.319 e. The summed E-state index contributed by atoms with van der Waals surface area (Å²) in [6.45, 7) is 1.22. The van der Waals surface area contributed by atoms with Crippen molar-refractivity contribution < 1.29 is 9.53 Å². The predicted molar refractivity (Wildman–Crippen MR) is 75.5 cm³/mol. The van der Waals surface area contributed by atoms with Gasteiger partial charge in [-0.25, -0.2) is 4.79 Å². The first-order chi connectivity index (χ1) is 8.58. The molecule has 0 bridgehead atoms. The van der Waals surface area contributed by atoms with Crippen molar-refractivity contribution in [2.24, 2.45) is 0 Å². The maximum absolute atomic E-state index is 11.7. The van der Waals surface area contributed by atoms with Crippen LogP contribution in [-0.2, 0) is 4.74 Å². The van der Waals surface area contributed by atoms with Crippen LogP contribution < -0.4 is 10.6 Å². The number of nitrogens with one attached hydrogen (secondary N) is 2. The van der Waals surface area contributed by atoms with Gasteiger partial charge in [-0.2, -0.15) is 0 Å². The van der Waals surface area contributed by atoms with E-state index in [1.807, 2.05) is 0 Å². The fourth-order valence-electron chi connectivity index (χ4n) is 1.61. The molecule has 0 radical (unpaired) electrons. The van der Waals surface area contributed by atoms with Crippen molar-refractivity contribution >= 4 is 50.9 Å². The van der Waals surface area contributed by atoms with E-state index in [0.717, 1.165) is 6.42 Å². The van der Waals surface area contributed by atoms with Crippen LogP contribution in [0.15, 0.2) is 16.6 Å². The Kier molecular flexibility index (Phi) is 4.72. The number of urea groups is 1. The van der Waals surface area contributed by atoms with Gasteiger partial charge >= 0.3 is 6.03 Å². The minimum atomic E-state index is -0.314. The molecule has 1 heterocycles. The molecule has 1 aromatic rings. The number of rotatable bonds is 2. The third-order valence-electron chi connectivity index (χ3n) is 2.55. The molecule has 1 atom stereocenters. The zero-order valence-electron chi connectivity index (χ0n) is 9.30. The monoisotopic (exact) mass is 352 g/mol. The van der Waals surface area contributed by atoms with Gasteiger partial charge in [-0.05, 0) is 34.5 Å². The Bertz CT molecular complexity index is 465. The first-order valence-corrected chi connectivity index (χ1v) is 6.91. The highest BCUT2D eigenvalue weighted by Gasteiger charge is 2.18. The fourth-order valence-corrected chi connectivity index (χ4v) is 2.44. The minimum absolute atomic E-state index is 0.0506. The maximum atomic E-state index is 11.7. The van der Waals surface area contributed by atoms with Crippen molar-refractivity contribution in [1.29, 1.82) is 0 Å². The van der Waals surface area contributed by atoms with E-state index >= 15 is 0 Å². The Balaban J connectivity index is 2.00. The van der Waals surface area contributed by atoms with Crippen molar-refractivity contribution in [2.75, 3.05) is 18.5 Å². The van der Waals surface area contributed by atoms with Gasteiger partial charge in [0.15, 0.2) is 0 Å². The van der Waals surface area contributed by atoms with Gasteiger partial charge in [0.2, 0.25) is 0 Å². The lowest BCUT2D eigenvalue weighted by Crippen LogP contribution is -2.38. The van der Waals surface area contributed by atoms with E-state index in [0.29, 0.717) is 33.4 Å². The number of halogens is 3. The van der Waals surface area contributed by atoms with Gasteiger partial charge in [0.1, 0.15) is 0 Å². The Labute approximate surface area is 123 Å². The standard InChI is InChI=1S/C11H11BrCl2N2O2/c12-7-1-2-8(10(14)9(7)13)16-11(17)15-6-3-4-18-5-6/h1-2,6H,3-5H2,(H2,15,16,17). The van der Waals surface area contributed by atoms with Crippen LogP contribution in [0.4, 0.5) is 10.5 Å². The molecule has 18 heavy (non-hydrogen) atoms. The average molecular weight is 354 g/mol. The van der Waals surface area contributed by atoms with Crippen LogP contribution in [0.25, 0.3) is 0 Å². The van der Waals surface area contributed by atoms with Crippen LogP contribution in [0.1, 0.15) is 6.42 Å². The van der Waals surface area contributed by atoms with Crippen LogP contribution in [0.3, 0.4) is 0 Å². The average Bonchev–Trinajstić information content (AvgIpc) is 2.83. The van der Waals surface area contributed by atoms with Gasteiger partial charge in [-0.3, -0.25) is 0 Å². The molecule has 1 unspecified atom stereocenters. The third kappa shape index (κ3) is 3.29. The second kappa shape index (κ2) is 6.10. The lowest BCUT2D eigenvalue weighted by Gasteiger charge is -2.13. The number of benzene rings is 1. The molecule has 0 spiro atoms. The van der Waals surface area contributed by atoms with E-state index in [4.69, 9.17) is 27.9 Å². The topological polar surface area (TPSA) is 50.4 Å². The highest BCUT2D eigenvalue weighted by molar-refractivity contribution is 9.10. The third-order valence-corrected chi connectivity index (χ3v) is 4.32. The van der Waals surface area contributed by atoms with Crippen LogP contribution in [0.5, 0.6) is 0 Å². The lowest BCUT2D eigenvalue weighted by molar-refractivity contribution is 0.189. The van der Waals surface area contributed by atoms with Crippen molar-refractivity contribution in [1.82, 2.24) is 5.32 Å². The smallest absolute Gasteiger partial charge is 0.319 e. The Morgan fingerprint density at radius 1 is 1.39 bits per heavy atom. The zero-order valence-corrected chi connectivity index (χ0v) is 12.4. The minimum Gasteiger partial charge on any atom is -0.379 e. The number of hydrogen-bond donors (Lipinski definition) is 2. The van der Waals surface area contributed by atoms with Crippen LogP contribution in [0.2, 0.25) is 10.0 Å². The molecule has 2 amide bonds. The van der Waals surface area contributed by atoms with E-state index in [9.17, 15) is 4.79 Å². The molecule has 7 heteroatoms. The summed E-state index contributed by atoms with van der Waals surface area (Å²) in [4.78, 5) is 11.7.